The van der Waals surface area contributed by atoms with Crippen molar-refractivity contribution >= 4 is 29.0 Å². The molecule has 0 saturated carbocycles. The monoisotopic (exact) mass is 342 g/mol. The van der Waals surface area contributed by atoms with Gasteiger partial charge in [0.2, 0.25) is 5.91 Å². The second-order valence-electron chi connectivity index (χ2n) is 6.95. The second-order valence-corrected chi connectivity index (χ2v) is 8.20. The number of fused-ring (bicyclic) bond motifs is 1. The van der Waals surface area contributed by atoms with Crippen LogP contribution >= 0.6 is 11.8 Å². The van der Waals surface area contributed by atoms with Crippen molar-refractivity contribution in [3.05, 3.63) is 48.0 Å². The highest BCUT2D eigenvalue weighted by Crippen LogP contribution is 2.36. The van der Waals surface area contributed by atoms with E-state index < -0.39 is 0 Å². The fourth-order valence-corrected chi connectivity index (χ4v) is 3.79. The quantitative estimate of drug-likeness (QED) is 0.765. The molecule has 3 N–H and O–H groups in total. The van der Waals surface area contributed by atoms with Crippen LogP contribution in [0.4, 0.5) is 11.4 Å². The van der Waals surface area contributed by atoms with Gasteiger partial charge in [0.1, 0.15) is 11.0 Å². The van der Waals surface area contributed by atoms with Gasteiger partial charge in [0.05, 0.1) is 0 Å². The van der Waals surface area contributed by atoms with Crippen molar-refractivity contribution in [1.82, 2.24) is 0 Å². The van der Waals surface area contributed by atoms with E-state index in [0.29, 0.717) is 12.2 Å². The molecule has 3 rings (SSSR count). The number of para-hydroxylation sites is 1. The van der Waals surface area contributed by atoms with Gasteiger partial charge in [-0.05, 0) is 29.2 Å². The van der Waals surface area contributed by atoms with Crippen molar-refractivity contribution in [3.63, 3.8) is 0 Å². The van der Waals surface area contributed by atoms with Crippen molar-refractivity contribution in [1.29, 1.82) is 0 Å². The summed E-state index contributed by atoms with van der Waals surface area (Å²) in [7, 11) is 0. The number of rotatable bonds is 2. The number of hydrogen-bond acceptors (Lipinski definition) is 4. The van der Waals surface area contributed by atoms with Crippen LogP contribution < -0.4 is 10.6 Å². The average molecular weight is 342 g/mol. The number of anilines is 2. The van der Waals surface area contributed by atoms with Crippen LogP contribution in [-0.4, -0.2) is 22.8 Å². The van der Waals surface area contributed by atoms with Crippen LogP contribution in [0.2, 0.25) is 0 Å². The lowest BCUT2D eigenvalue weighted by atomic mass is 9.86. The van der Waals surface area contributed by atoms with Crippen molar-refractivity contribution in [2.24, 2.45) is 0 Å². The first-order chi connectivity index (χ1) is 11.3. The highest BCUT2D eigenvalue weighted by atomic mass is 32.2. The van der Waals surface area contributed by atoms with Gasteiger partial charge in [-0.3, -0.25) is 4.79 Å². The molecule has 24 heavy (non-hydrogen) atoms. The van der Waals surface area contributed by atoms with Gasteiger partial charge in [0.25, 0.3) is 0 Å². The lowest BCUT2D eigenvalue weighted by Gasteiger charge is -2.25. The van der Waals surface area contributed by atoms with Crippen LogP contribution in [0.15, 0.2) is 47.4 Å². The van der Waals surface area contributed by atoms with Crippen LogP contribution in [0.1, 0.15) is 26.3 Å². The Morgan fingerprint density at radius 3 is 2.71 bits per heavy atom. The number of thioether (sulfide) groups is 1. The lowest BCUT2D eigenvalue weighted by Crippen LogP contribution is -2.33. The minimum Gasteiger partial charge on any atom is -0.508 e. The molecule has 0 fully saturated rings. The molecule has 1 atom stereocenters. The Balaban J connectivity index is 1.71. The molecular weight excluding hydrogens is 320 g/mol. The first kappa shape index (κ1) is 16.7. The summed E-state index contributed by atoms with van der Waals surface area (Å²) < 4.78 is 0. The van der Waals surface area contributed by atoms with Crippen molar-refractivity contribution in [2.75, 3.05) is 17.2 Å². The van der Waals surface area contributed by atoms with Crippen molar-refractivity contribution < 1.29 is 9.90 Å². The van der Waals surface area contributed by atoms with Gasteiger partial charge in [-0.1, -0.05) is 39.0 Å². The molecule has 1 aliphatic rings. The summed E-state index contributed by atoms with van der Waals surface area (Å²) in [6.07, 6.45) is 0. The van der Waals surface area contributed by atoms with Crippen LogP contribution in [0.3, 0.4) is 0 Å². The normalized spacial score (nSPS) is 16.9. The minimum atomic E-state index is -0.204. The number of phenols is 1. The van der Waals surface area contributed by atoms with Crippen LogP contribution in [0.25, 0.3) is 0 Å². The fraction of sp³-hybridized carbons (Fsp3) is 0.316. The molecule has 0 bridgehead atoms. The molecule has 0 unspecified atom stereocenters. The van der Waals surface area contributed by atoms with E-state index in [1.54, 1.807) is 17.8 Å². The number of amides is 1. The smallest absolute Gasteiger partial charge is 0.239 e. The molecule has 2 aromatic carbocycles. The molecule has 5 heteroatoms. The maximum absolute atomic E-state index is 12.5. The zero-order valence-corrected chi connectivity index (χ0v) is 14.9. The second kappa shape index (κ2) is 6.40. The van der Waals surface area contributed by atoms with E-state index in [2.05, 4.69) is 10.6 Å². The highest BCUT2D eigenvalue weighted by molar-refractivity contribution is 8.01. The number of aromatic hydroxyl groups is 1. The Hall–Kier alpha value is -2.14. The van der Waals surface area contributed by atoms with E-state index in [1.165, 1.54) is 0 Å². The van der Waals surface area contributed by atoms with Gasteiger partial charge in [-0.2, -0.15) is 0 Å². The number of carbonyl (C=O) groups is 1. The van der Waals surface area contributed by atoms with E-state index in [9.17, 15) is 9.90 Å². The van der Waals surface area contributed by atoms with E-state index in [4.69, 9.17) is 0 Å². The molecule has 0 spiro atoms. The molecule has 4 nitrogen and oxygen atoms in total. The SMILES string of the molecule is CC(C)(C)c1ccc(NC(=O)[C@H]2CNc3ccccc3S2)cc1O. The first-order valence-electron chi connectivity index (χ1n) is 7.98. The zero-order chi connectivity index (χ0) is 17.3. The summed E-state index contributed by atoms with van der Waals surface area (Å²) in [5, 5.41) is 16.2. The van der Waals surface area contributed by atoms with Crippen LogP contribution in [0, 0.1) is 0 Å². The van der Waals surface area contributed by atoms with E-state index in [1.807, 2.05) is 57.2 Å². The van der Waals surface area contributed by atoms with Gasteiger partial charge in [-0.15, -0.1) is 11.8 Å². The number of phenolic OH excluding ortho intramolecular Hbond substituents is 1. The van der Waals surface area contributed by atoms with E-state index in [0.717, 1.165) is 16.1 Å². The zero-order valence-electron chi connectivity index (χ0n) is 14.1. The maximum Gasteiger partial charge on any atom is 0.239 e. The Morgan fingerprint density at radius 1 is 1.25 bits per heavy atom. The topological polar surface area (TPSA) is 61.4 Å². The summed E-state index contributed by atoms with van der Waals surface area (Å²) >= 11 is 1.56. The average Bonchev–Trinajstić information content (AvgIpc) is 2.53. The third-order valence-corrected chi connectivity index (χ3v) is 5.28. The summed E-state index contributed by atoms with van der Waals surface area (Å²) in [6.45, 7) is 6.71. The van der Waals surface area contributed by atoms with Crippen molar-refractivity contribution in [2.45, 2.75) is 36.3 Å². The molecule has 2 aromatic rings. The standard InChI is InChI=1S/C19H22N2O2S/c1-19(2,3)13-9-8-12(10-15(13)22)21-18(23)17-11-20-14-6-4-5-7-16(14)24-17/h4-10,17,20,22H,11H2,1-3H3,(H,21,23)/t17-/m1/s1. The largest absolute Gasteiger partial charge is 0.508 e. The molecule has 126 valence electrons. The third kappa shape index (κ3) is 3.51. The molecule has 1 amide bonds. The Kier molecular flexibility index (Phi) is 4.45. The Labute approximate surface area is 146 Å². The predicted molar refractivity (Wildman–Crippen MR) is 100 cm³/mol. The summed E-state index contributed by atoms with van der Waals surface area (Å²) in [5.74, 6) is 0.143. The minimum absolute atomic E-state index is 0.0649. The Morgan fingerprint density at radius 2 is 2.00 bits per heavy atom. The summed E-state index contributed by atoms with van der Waals surface area (Å²) in [6, 6.07) is 13.3. The van der Waals surface area contributed by atoms with Gasteiger partial charge in [0, 0.05) is 28.9 Å². The van der Waals surface area contributed by atoms with E-state index in [-0.39, 0.29) is 22.3 Å². The van der Waals surface area contributed by atoms with E-state index >= 15 is 0 Å². The molecule has 0 radical (unpaired) electrons. The maximum atomic E-state index is 12.5. The van der Waals surface area contributed by atoms with Gasteiger partial charge >= 0.3 is 0 Å². The lowest BCUT2D eigenvalue weighted by molar-refractivity contribution is -0.115. The van der Waals surface area contributed by atoms with Crippen LogP contribution in [0.5, 0.6) is 5.75 Å². The van der Waals surface area contributed by atoms with Crippen LogP contribution in [-0.2, 0) is 10.2 Å². The molecule has 1 aliphatic heterocycles. The van der Waals surface area contributed by atoms with Crippen molar-refractivity contribution in [3.8, 4) is 5.75 Å². The molecular formula is C19H22N2O2S. The van der Waals surface area contributed by atoms with Gasteiger partial charge in [0.15, 0.2) is 0 Å². The Bertz CT molecular complexity index is 768. The highest BCUT2D eigenvalue weighted by Gasteiger charge is 2.25. The first-order valence-corrected chi connectivity index (χ1v) is 8.86. The summed E-state index contributed by atoms with van der Waals surface area (Å²) in [5.41, 5.74) is 2.41. The third-order valence-electron chi connectivity index (χ3n) is 4.00. The summed E-state index contributed by atoms with van der Waals surface area (Å²) in [4.78, 5) is 13.6. The molecule has 0 aromatic heterocycles. The van der Waals surface area contributed by atoms with Gasteiger partial charge < -0.3 is 15.7 Å². The molecule has 1 heterocycles. The number of benzene rings is 2. The molecule has 0 saturated heterocycles. The van der Waals surface area contributed by atoms with Gasteiger partial charge in [-0.25, -0.2) is 0 Å². The number of nitrogens with one attached hydrogen (secondary N) is 2. The fourth-order valence-electron chi connectivity index (χ4n) is 2.73. The predicted octanol–water partition coefficient (Wildman–Crippen LogP) is 4.21. The number of hydrogen-bond donors (Lipinski definition) is 3. The number of carbonyl (C=O) groups excluding carboxylic acids is 1. The molecule has 0 aliphatic carbocycles.